The Balaban J connectivity index is 2.69. The second-order valence-corrected chi connectivity index (χ2v) is 3.27. The van der Waals surface area contributed by atoms with E-state index in [-0.39, 0.29) is 11.8 Å². The van der Waals surface area contributed by atoms with Gasteiger partial charge >= 0.3 is 5.97 Å². The molecule has 0 saturated heterocycles. The largest absolute Gasteiger partial charge is 0.469 e. The van der Waals surface area contributed by atoms with Crippen molar-refractivity contribution >= 4 is 11.8 Å². The highest BCUT2D eigenvalue weighted by Crippen LogP contribution is 2.36. The van der Waals surface area contributed by atoms with Gasteiger partial charge in [0.25, 0.3) is 0 Å². The van der Waals surface area contributed by atoms with Crippen molar-refractivity contribution in [3.8, 4) is 0 Å². The molecule has 0 heterocycles. The first kappa shape index (κ1) is 8.24. The van der Waals surface area contributed by atoms with E-state index in [0.717, 1.165) is 0 Å². The fraction of sp³-hybridized carbons (Fsp3) is 0.750. The lowest BCUT2D eigenvalue weighted by Crippen LogP contribution is -2.26. The molecule has 3 nitrogen and oxygen atoms in total. The zero-order chi connectivity index (χ0) is 8.48. The number of methoxy groups -OCH3 is 1. The van der Waals surface area contributed by atoms with Gasteiger partial charge < -0.3 is 4.74 Å². The summed E-state index contributed by atoms with van der Waals surface area (Å²) in [6, 6.07) is 0. The van der Waals surface area contributed by atoms with E-state index in [1.165, 1.54) is 7.11 Å². The van der Waals surface area contributed by atoms with Gasteiger partial charge in [0.05, 0.1) is 12.5 Å². The lowest BCUT2D eigenvalue weighted by atomic mass is 9.89. The standard InChI is InChI=1S/C8H12O3/c1-8(7(10)11-2)4-3-6(9)5-8/h3-5H2,1-2H3/t8-/m1/s1. The van der Waals surface area contributed by atoms with Crippen LogP contribution in [0.1, 0.15) is 26.2 Å². The minimum absolute atomic E-state index is 0.165. The Bertz CT molecular complexity index is 198. The van der Waals surface area contributed by atoms with E-state index < -0.39 is 5.41 Å². The van der Waals surface area contributed by atoms with Gasteiger partial charge in [0.15, 0.2) is 0 Å². The van der Waals surface area contributed by atoms with Gasteiger partial charge in [-0.2, -0.15) is 0 Å². The van der Waals surface area contributed by atoms with Crippen LogP contribution in [0.2, 0.25) is 0 Å². The van der Waals surface area contributed by atoms with Crippen molar-refractivity contribution in [3.63, 3.8) is 0 Å². The number of rotatable bonds is 1. The second kappa shape index (κ2) is 2.64. The molecule has 0 aromatic carbocycles. The van der Waals surface area contributed by atoms with Gasteiger partial charge in [-0.25, -0.2) is 0 Å². The molecule has 1 atom stereocenters. The minimum atomic E-state index is -0.536. The summed E-state index contributed by atoms with van der Waals surface area (Å²) in [6.07, 6.45) is 1.50. The molecule has 62 valence electrons. The molecule has 0 radical (unpaired) electrons. The monoisotopic (exact) mass is 156 g/mol. The van der Waals surface area contributed by atoms with Gasteiger partial charge in [-0.05, 0) is 13.3 Å². The van der Waals surface area contributed by atoms with Gasteiger partial charge in [0.2, 0.25) is 0 Å². The van der Waals surface area contributed by atoms with Gasteiger partial charge in [0.1, 0.15) is 5.78 Å². The number of Topliss-reactive ketones (excluding diaryl/α,β-unsaturated/α-hetero) is 1. The van der Waals surface area contributed by atoms with E-state index in [0.29, 0.717) is 19.3 Å². The Morgan fingerprint density at radius 3 is 2.64 bits per heavy atom. The van der Waals surface area contributed by atoms with Crippen LogP contribution in [0, 0.1) is 5.41 Å². The molecule has 0 N–H and O–H groups in total. The number of ketones is 1. The number of carbonyl (C=O) groups excluding carboxylic acids is 2. The first-order chi connectivity index (χ1) is 5.08. The number of esters is 1. The van der Waals surface area contributed by atoms with Crippen molar-refractivity contribution in [3.05, 3.63) is 0 Å². The average molecular weight is 156 g/mol. The van der Waals surface area contributed by atoms with Crippen LogP contribution in [0.5, 0.6) is 0 Å². The Kier molecular flexibility index (Phi) is 1.98. The van der Waals surface area contributed by atoms with Crippen LogP contribution in [-0.4, -0.2) is 18.9 Å². The highest BCUT2D eigenvalue weighted by atomic mass is 16.5. The van der Waals surface area contributed by atoms with Gasteiger partial charge in [-0.3, -0.25) is 9.59 Å². The number of hydrogen-bond acceptors (Lipinski definition) is 3. The lowest BCUT2D eigenvalue weighted by Gasteiger charge is -2.17. The van der Waals surface area contributed by atoms with Gasteiger partial charge in [0, 0.05) is 12.8 Å². The first-order valence-corrected chi connectivity index (χ1v) is 3.68. The quantitative estimate of drug-likeness (QED) is 0.530. The smallest absolute Gasteiger partial charge is 0.311 e. The summed E-state index contributed by atoms with van der Waals surface area (Å²) in [7, 11) is 1.36. The van der Waals surface area contributed by atoms with Crippen molar-refractivity contribution in [1.29, 1.82) is 0 Å². The van der Waals surface area contributed by atoms with Crippen molar-refractivity contribution < 1.29 is 14.3 Å². The molecule has 1 saturated carbocycles. The predicted octanol–water partition coefficient (Wildman–Crippen LogP) is 0.919. The summed E-state index contributed by atoms with van der Waals surface area (Å²) in [5.74, 6) is -0.0961. The molecule has 0 aromatic rings. The van der Waals surface area contributed by atoms with Crippen LogP contribution in [0.25, 0.3) is 0 Å². The van der Waals surface area contributed by atoms with Crippen molar-refractivity contribution in [2.24, 2.45) is 5.41 Å². The maximum atomic E-state index is 11.1. The molecule has 0 bridgehead atoms. The molecule has 1 aliphatic rings. The normalized spacial score (nSPS) is 30.5. The maximum absolute atomic E-state index is 11.1. The Hall–Kier alpha value is -0.860. The summed E-state index contributed by atoms with van der Waals surface area (Å²) in [4.78, 5) is 22.0. The van der Waals surface area contributed by atoms with Crippen molar-refractivity contribution in [2.75, 3.05) is 7.11 Å². The van der Waals surface area contributed by atoms with Crippen LogP contribution in [-0.2, 0) is 14.3 Å². The van der Waals surface area contributed by atoms with Crippen LogP contribution in [0.3, 0.4) is 0 Å². The molecule has 0 aromatic heterocycles. The molecule has 1 rings (SSSR count). The molecule has 3 heteroatoms. The molecular formula is C8H12O3. The third kappa shape index (κ3) is 1.42. The SMILES string of the molecule is COC(=O)[C@]1(C)CCC(=O)C1. The van der Waals surface area contributed by atoms with E-state index in [2.05, 4.69) is 4.74 Å². The van der Waals surface area contributed by atoms with E-state index in [1.54, 1.807) is 6.92 Å². The van der Waals surface area contributed by atoms with Gasteiger partial charge in [-0.15, -0.1) is 0 Å². The maximum Gasteiger partial charge on any atom is 0.311 e. The zero-order valence-electron chi connectivity index (χ0n) is 6.85. The number of hydrogen-bond donors (Lipinski definition) is 0. The Morgan fingerprint density at radius 1 is 1.64 bits per heavy atom. The molecule has 1 fully saturated rings. The van der Waals surface area contributed by atoms with Crippen LogP contribution < -0.4 is 0 Å². The van der Waals surface area contributed by atoms with Crippen LogP contribution in [0.15, 0.2) is 0 Å². The van der Waals surface area contributed by atoms with Crippen molar-refractivity contribution in [2.45, 2.75) is 26.2 Å². The average Bonchev–Trinajstić information content (AvgIpc) is 2.31. The Labute approximate surface area is 65.7 Å². The molecule has 11 heavy (non-hydrogen) atoms. The summed E-state index contributed by atoms with van der Waals surface area (Å²) in [6.45, 7) is 1.78. The summed E-state index contributed by atoms with van der Waals surface area (Å²) >= 11 is 0. The highest BCUT2D eigenvalue weighted by molar-refractivity contribution is 5.90. The first-order valence-electron chi connectivity index (χ1n) is 3.68. The minimum Gasteiger partial charge on any atom is -0.469 e. The van der Waals surface area contributed by atoms with E-state index >= 15 is 0 Å². The number of ether oxygens (including phenoxy) is 1. The molecule has 0 spiro atoms. The second-order valence-electron chi connectivity index (χ2n) is 3.27. The Morgan fingerprint density at radius 2 is 2.27 bits per heavy atom. The number of carbonyl (C=O) groups is 2. The lowest BCUT2D eigenvalue weighted by molar-refractivity contribution is -0.152. The van der Waals surface area contributed by atoms with E-state index in [1.807, 2.05) is 0 Å². The molecule has 0 aliphatic heterocycles. The van der Waals surface area contributed by atoms with Gasteiger partial charge in [-0.1, -0.05) is 0 Å². The zero-order valence-corrected chi connectivity index (χ0v) is 6.85. The molecule has 0 amide bonds. The fourth-order valence-electron chi connectivity index (χ4n) is 1.45. The summed E-state index contributed by atoms with van der Waals surface area (Å²) in [5, 5.41) is 0. The third-order valence-electron chi connectivity index (χ3n) is 2.22. The third-order valence-corrected chi connectivity index (χ3v) is 2.22. The topological polar surface area (TPSA) is 43.4 Å². The van der Waals surface area contributed by atoms with Crippen molar-refractivity contribution in [1.82, 2.24) is 0 Å². The van der Waals surface area contributed by atoms with Crippen LogP contribution >= 0.6 is 0 Å². The summed E-state index contributed by atoms with van der Waals surface area (Å²) < 4.78 is 4.59. The predicted molar refractivity (Wildman–Crippen MR) is 39.0 cm³/mol. The molecular weight excluding hydrogens is 144 g/mol. The van der Waals surface area contributed by atoms with E-state index in [9.17, 15) is 9.59 Å². The fourth-order valence-corrected chi connectivity index (χ4v) is 1.45. The summed E-state index contributed by atoms with van der Waals surface area (Å²) in [5.41, 5.74) is -0.536. The molecule has 0 unspecified atom stereocenters. The highest BCUT2D eigenvalue weighted by Gasteiger charge is 2.41. The van der Waals surface area contributed by atoms with Crippen LogP contribution in [0.4, 0.5) is 0 Å². The molecule has 1 aliphatic carbocycles. The van der Waals surface area contributed by atoms with E-state index in [4.69, 9.17) is 0 Å².